The van der Waals surface area contributed by atoms with Gasteiger partial charge in [0.1, 0.15) is 6.61 Å². The Labute approximate surface area is 147 Å². The van der Waals surface area contributed by atoms with Crippen molar-refractivity contribution < 1.29 is 14.3 Å². The average molecular weight is 335 g/mol. The first-order chi connectivity index (χ1) is 12.2. The second-order valence-electron chi connectivity index (χ2n) is 6.11. The second-order valence-corrected chi connectivity index (χ2v) is 6.11. The minimum Gasteiger partial charge on any atom is -0.461 e. The zero-order valence-corrected chi connectivity index (χ0v) is 14.0. The van der Waals surface area contributed by atoms with E-state index in [0.717, 1.165) is 30.5 Å². The van der Waals surface area contributed by atoms with Crippen LogP contribution in [0, 0.1) is 5.92 Å². The van der Waals surface area contributed by atoms with Crippen LogP contribution in [0.1, 0.15) is 35.2 Å². The Morgan fingerprint density at radius 2 is 1.76 bits per heavy atom. The van der Waals surface area contributed by atoms with Crippen molar-refractivity contribution >= 4 is 17.6 Å². The van der Waals surface area contributed by atoms with Gasteiger partial charge in [-0.25, -0.2) is 0 Å². The second kappa shape index (κ2) is 8.29. The van der Waals surface area contributed by atoms with E-state index in [1.165, 1.54) is 0 Å². The van der Waals surface area contributed by atoms with E-state index in [1.807, 2.05) is 48.5 Å². The zero-order chi connectivity index (χ0) is 17.5. The molecule has 0 radical (unpaired) electrons. The quantitative estimate of drug-likeness (QED) is 0.653. The van der Waals surface area contributed by atoms with Crippen LogP contribution in [-0.4, -0.2) is 11.9 Å². The van der Waals surface area contributed by atoms with Gasteiger partial charge in [-0.05, 0) is 49.1 Å². The molecule has 0 spiro atoms. The van der Waals surface area contributed by atoms with Gasteiger partial charge in [-0.15, -0.1) is 0 Å². The molecule has 0 fully saturated rings. The normalized spacial score (nSPS) is 16.2. The first kappa shape index (κ1) is 17.0. The van der Waals surface area contributed by atoms with Gasteiger partial charge in [0.15, 0.2) is 0 Å². The highest BCUT2D eigenvalue weighted by molar-refractivity contribution is 6.04. The maximum Gasteiger partial charge on any atom is 0.309 e. The number of para-hydroxylation sites is 1. The number of amides is 1. The highest BCUT2D eigenvalue weighted by Gasteiger charge is 2.20. The van der Waals surface area contributed by atoms with Crippen molar-refractivity contribution in [2.24, 2.45) is 5.92 Å². The summed E-state index contributed by atoms with van der Waals surface area (Å²) >= 11 is 0. The average Bonchev–Trinajstić information content (AvgIpc) is 2.68. The Morgan fingerprint density at radius 1 is 1.00 bits per heavy atom. The summed E-state index contributed by atoms with van der Waals surface area (Å²) in [4.78, 5) is 24.2. The van der Waals surface area contributed by atoms with Gasteiger partial charge in [0.25, 0.3) is 5.91 Å². The van der Waals surface area contributed by atoms with Gasteiger partial charge in [0.05, 0.1) is 5.92 Å². The van der Waals surface area contributed by atoms with Crippen LogP contribution in [0.4, 0.5) is 5.69 Å². The number of allylic oxidation sites excluding steroid dienone is 2. The number of ether oxygens (including phenoxy) is 1. The van der Waals surface area contributed by atoms with Gasteiger partial charge < -0.3 is 10.1 Å². The van der Waals surface area contributed by atoms with E-state index in [4.69, 9.17) is 4.74 Å². The van der Waals surface area contributed by atoms with E-state index >= 15 is 0 Å². The molecule has 0 heterocycles. The Hall–Kier alpha value is -2.88. The topological polar surface area (TPSA) is 55.4 Å². The monoisotopic (exact) mass is 335 g/mol. The molecule has 0 saturated heterocycles. The standard InChI is InChI=1S/C21H21NO3/c23-20(22-19-9-5-2-6-10-19)17-13-11-16(12-14-17)15-25-21(24)18-7-3-1-4-8-18/h1-3,5-6,9-14,18H,4,7-8,15H2,(H,22,23)/t18-/m1/s1. The van der Waals surface area contributed by atoms with Crippen LogP contribution in [0.3, 0.4) is 0 Å². The summed E-state index contributed by atoms with van der Waals surface area (Å²) in [5, 5.41) is 2.84. The number of anilines is 1. The minimum absolute atomic E-state index is 0.0269. The maximum absolute atomic E-state index is 12.2. The molecule has 4 heteroatoms. The van der Waals surface area contributed by atoms with Crippen LogP contribution in [0.25, 0.3) is 0 Å². The summed E-state index contributed by atoms with van der Waals surface area (Å²) in [6, 6.07) is 16.4. The fraction of sp³-hybridized carbons (Fsp3) is 0.238. The number of hydrogen-bond acceptors (Lipinski definition) is 3. The maximum atomic E-state index is 12.2. The molecule has 2 aromatic rings. The third-order valence-electron chi connectivity index (χ3n) is 4.23. The fourth-order valence-electron chi connectivity index (χ4n) is 2.76. The fourth-order valence-corrected chi connectivity index (χ4v) is 2.76. The molecule has 0 aromatic heterocycles. The molecule has 0 saturated carbocycles. The molecule has 1 aliphatic rings. The van der Waals surface area contributed by atoms with Crippen molar-refractivity contribution in [1.29, 1.82) is 0 Å². The molecular formula is C21H21NO3. The van der Waals surface area contributed by atoms with Crippen molar-refractivity contribution in [3.05, 3.63) is 77.9 Å². The number of hydrogen-bond donors (Lipinski definition) is 1. The third kappa shape index (κ3) is 4.80. The molecule has 128 valence electrons. The first-order valence-electron chi connectivity index (χ1n) is 8.49. The van der Waals surface area contributed by atoms with Crippen LogP contribution in [0.15, 0.2) is 66.7 Å². The molecule has 1 N–H and O–H groups in total. The molecule has 1 amide bonds. The number of nitrogens with one attached hydrogen (secondary N) is 1. The van der Waals surface area contributed by atoms with E-state index < -0.39 is 0 Å². The number of benzene rings is 2. The number of esters is 1. The molecule has 2 aromatic carbocycles. The van der Waals surface area contributed by atoms with Crippen molar-refractivity contribution in [2.75, 3.05) is 5.32 Å². The molecule has 25 heavy (non-hydrogen) atoms. The SMILES string of the molecule is O=C(Nc1ccccc1)c1ccc(COC(=O)[C@@H]2CC=CCC2)cc1. The van der Waals surface area contributed by atoms with E-state index in [1.54, 1.807) is 12.1 Å². The first-order valence-corrected chi connectivity index (χ1v) is 8.49. The lowest BCUT2D eigenvalue weighted by atomic mass is 9.95. The minimum atomic E-state index is -0.163. The lowest BCUT2D eigenvalue weighted by molar-refractivity contribution is -0.150. The van der Waals surface area contributed by atoms with E-state index in [2.05, 4.69) is 11.4 Å². The van der Waals surface area contributed by atoms with Crippen LogP contribution in [0.5, 0.6) is 0 Å². The van der Waals surface area contributed by atoms with E-state index in [0.29, 0.717) is 5.56 Å². The van der Waals surface area contributed by atoms with Gasteiger partial charge >= 0.3 is 5.97 Å². The smallest absolute Gasteiger partial charge is 0.309 e. The van der Waals surface area contributed by atoms with E-state index in [-0.39, 0.29) is 24.4 Å². The largest absolute Gasteiger partial charge is 0.461 e. The Kier molecular flexibility index (Phi) is 5.62. The zero-order valence-electron chi connectivity index (χ0n) is 14.0. The predicted molar refractivity (Wildman–Crippen MR) is 97.1 cm³/mol. The van der Waals surface area contributed by atoms with Gasteiger partial charge in [-0.2, -0.15) is 0 Å². The van der Waals surface area contributed by atoms with Crippen LogP contribution >= 0.6 is 0 Å². The van der Waals surface area contributed by atoms with Crippen molar-refractivity contribution in [2.45, 2.75) is 25.9 Å². The molecule has 3 rings (SSSR count). The summed E-state index contributed by atoms with van der Waals surface area (Å²) in [6.45, 7) is 0.236. The van der Waals surface area contributed by atoms with Gasteiger partial charge in [-0.1, -0.05) is 42.5 Å². The lowest BCUT2D eigenvalue weighted by Crippen LogP contribution is -2.18. The molecule has 0 bridgehead atoms. The van der Waals surface area contributed by atoms with Gasteiger partial charge in [0.2, 0.25) is 0 Å². The lowest BCUT2D eigenvalue weighted by Gasteiger charge is -2.16. The predicted octanol–water partition coefficient (Wildman–Crippen LogP) is 4.34. The molecule has 1 atom stereocenters. The summed E-state index contributed by atoms with van der Waals surface area (Å²) in [5.41, 5.74) is 2.19. The molecule has 0 aliphatic heterocycles. The Balaban J connectivity index is 1.52. The molecular weight excluding hydrogens is 314 g/mol. The molecule has 0 unspecified atom stereocenters. The highest BCUT2D eigenvalue weighted by Crippen LogP contribution is 2.20. The summed E-state index contributed by atoms with van der Waals surface area (Å²) in [6.07, 6.45) is 6.69. The molecule has 4 nitrogen and oxygen atoms in total. The van der Waals surface area contributed by atoms with Crippen LogP contribution in [0.2, 0.25) is 0 Å². The Bertz CT molecular complexity index is 750. The Morgan fingerprint density at radius 3 is 2.44 bits per heavy atom. The summed E-state index contributed by atoms with van der Waals surface area (Å²) in [7, 11) is 0. The third-order valence-corrected chi connectivity index (χ3v) is 4.23. The van der Waals surface area contributed by atoms with Crippen molar-refractivity contribution in [1.82, 2.24) is 0 Å². The summed E-state index contributed by atoms with van der Waals surface area (Å²) < 4.78 is 5.39. The van der Waals surface area contributed by atoms with Crippen molar-refractivity contribution in [3.63, 3.8) is 0 Å². The molecule has 1 aliphatic carbocycles. The van der Waals surface area contributed by atoms with Crippen LogP contribution in [-0.2, 0) is 16.1 Å². The van der Waals surface area contributed by atoms with Crippen LogP contribution < -0.4 is 5.32 Å². The van der Waals surface area contributed by atoms with Gasteiger partial charge in [0, 0.05) is 11.3 Å². The highest BCUT2D eigenvalue weighted by atomic mass is 16.5. The van der Waals surface area contributed by atoms with E-state index in [9.17, 15) is 9.59 Å². The number of carbonyl (C=O) groups is 2. The number of carbonyl (C=O) groups excluding carboxylic acids is 2. The van der Waals surface area contributed by atoms with Crippen molar-refractivity contribution in [3.8, 4) is 0 Å². The summed E-state index contributed by atoms with van der Waals surface area (Å²) in [5.74, 6) is -0.333. The number of rotatable bonds is 5. The van der Waals surface area contributed by atoms with Gasteiger partial charge in [-0.3, -0.25) is 9.59 Å².